The van der Waals surface area contributed by atoms with Crippen molar-refractivity contribution in [3.63, 3.8) is 0 Å². The molecule has 1 aliphatic rings. The van der Waals surface area contributed by atoms with Gasteiger partial charge in [0.1, 0.15) is 12.6 Å². The first-order valence-electron chi connectivity index (χ1n) is 16.2. The van der Waals surface area contributed by atoms with Crippen LogP contribution in [-0.2, 0) is 32.6 Å². The first-order valence-corrected chi connectivity index (χ1v) is 18.4. The number of carbonyl (C=O) groups excluding carboxylic acids is 2. The van der Waals surface area contributed by atoms with Crippen LogP contribution in [0.25, 0.3) is 0 Å². The van der Waals surface area contributed by atoms with Crippen LogP contribution in [0.4, 0.5) is 5.69 Å². The predicted octanol–water partition coefficient (Wildman–Crippen LogP) is 7.81. The molecule has 0 aromatic heterocycles. The SMILES string of the molecule is Cc1ccc(S(=O)(=O)N(CC(=O)N(Cc2c(Cl)cccc2Cl)[C@@H](Cc2ccccc2)C(=O)NC2CCCC2)c2cc(C)ccc2C)cc1. The third-order valence-corrected chi connectivity index (χ3v) is 11.4. The van der Waals surface area contributed by atoms with Gasteiger partial charge in [0, 0.05) is 34.6 Å². The van der Waals surface area contributed by atoms with Crippen molar-refractivity contribution in [3.05, 3.63) is 129 Å². The number of nitrogens with zero attached hydrogens (tertiary/aromatic N) is 2. The van der Waals surface area contributed by atoms with Gasteiger partial charge in [-0.3, -0.25) is 13.9 Å². The van der Waals surface area contributed by atoms with Crippen LogP contribution >= 0.6 is 23.2 Å². The van der Waals surface area contributed by atoms with Crippen molar-refractivity contribution in [2.24, 2.45) is 0 Å². The molecule has 1 N–H and O–H groups in total. The molecule has 7 nitrogen and oxygen atoms in total. The first-order chi connectivity index (χ1) is 22.9. The van der Waals surface area contributed by atoms with Gasteiger partial charge < -0.3 is 10.2 Å². The molecule has 252 valence electrons. The molecular weight excluding hydrogens is 665 g/mol. The maximum absolute atomic E-state index is 14.8. The van der Waals surface area contributed by atoms with Crippen LogP contribution in [0.2, 0.25) is 10.0 Å². The van der Waals surface area contributed by atoms with E-state index in [4.69, 9.17) is 23.2 Å². The van der Waals surface area contributed by atoms with Crippen LogP contribution in [0.15, 0.2) is 95.9 Å². The highest BCUT2D eigenvalue weighted by molar-refractivity contribution is 7.92. The summed E-state index contributed by atoms with van der Waals surface area (Å²) in [4.78, 5) is 30.5. The van der Waals surface area contributed by atoms with Gasteiger partial charge >= 0.3 is 0 Å². The molecule has 48 heavy (non-hydrogen) atoms. The standard InChI is InChI=1S/C38H41Cl2N3O4S/c1-26-17-20-31(21-18-26)48(46,47)43(35-22-27(2)16-19-28(35)3)25-37(44)42(24-32-33(39)14-9-15-34(32)40)36(23-29-10-5-4-6-11-29)38(45)41-30-12-7-8-13-30/h4-6,9-11,14-22,30,36H,7-8,12-13,23-25H2,1-3H3,(H,41,45)/t36-/m0/s1. The minimum Gasteiger partial charge on any atom is -0.352 e. The number of halogens is 2. The first kappa shape index (κ1) is 35.5. The highest BCUT2D eigenvalue weighted by Gasteiger charge is 2.36. The average Bonchev–Trinajstić information content (AvgIpc) is 3.57. The zero-order valence-corrected chi connectivity index (χ0v) is 29.8. The average molecular weight is 707 g/mol. The Morgan fingerprint density at radius 3 is 2.10 bits per heavy atom. The second kappa shape index (κ2) is 15.6. The molecule has 1 saturated carbocycles. The third-order valence-electron chi connectivity index (χ3n) is 8.88. The lowest BCUT2D eigenvalue weighted by atomic mass is 10.0. The van der Waals surface area contributed by atoms with Gasteiger partial charge in [-0.05, 0) is 80.6 Å². The molecule has 0 heterocycles. The molecule has 0 saturated heterocycles. The van der Waals surface area contributed by atoms with Crippen molar-refractivity contribution in [3.8, 4) is 0 Å². The highest BCUT2D eigenvalue weighted by atomic mass is 35.5. The Kier molecular flexibility index (Phi) is 11.5. The summed E-state index contributed by atoms with van der Waals surface area (Å²) in [7, 11) is -4.22. The largest absolute Gasteiger partial charge is 0.352 e. The summed E-state index contributed by atoms with van der Waals surface area (Å²) in [5.41, 5.74) is 4.14. The fourth-order valence-electron chi connectivity index (χ4n) is 6.11. The third kappa shape index (κ3) is 8.41. The molecule has 0 spiro atoms. The van der Waals surface area contributed by atoms with Gasteiger partial charge in [0.05, 0.1) is 10.6 Å². The van der Waals surface area contributed by atoms with Gasteiger partial charge in [-0.1, -0.05) is 102 Å². The lowest BCUT2D eigenvalue weighted by Gasteiger charge is -2.35. The molecule has 0 radical (unpaired) electrons. The normalized spacial score (nSPS) is 14.0. The summed E-state index contributed by atoms with van der Waals surface area (Å²) in [5.74, 6) is -0.868. The number of sulfonamides is 1. The van der Waals surface area contributed by atoms with E-state index in [0.717, 1.165) is 46.7 Å². The van der Waals surface area contributed by atoms with Crippen LogP contribution < -0.4 is 9.62 Å². The topological polar surface area (TPSA) is 86.8 Å². The van der Waals surface area contributed by atoms with Gasteiger partial charge in [-0.25, -0.2) is 8.42 Å². The van der Waals surface area contributed by atoms with Crippen LogP contribution in [-0.4, -0.2) is 43.8 Å². The minimum absolute atomic E-state index is 0.00461. The Balaban J connectivity index is 1.62. The molecule has 4 aromatic carbocycles. The van der Waals surface area contributed by atoms with E-state index >= 15 is 0 Å². The number of carbonyl (C=O) groups is 2. The maximum Gasteiger partial charge on any atom is 0.264 e. The monoisotopic (exact) mass is 705 g/mol. The van der Waals surface area contributed by atoms with Gasteiger partial charge in [-0.2, -0.15) is 0 Å². The molecule has 4 aromatic rings. The fraction of sp³-hybridized carbons (Fsp3) is 0.316. The van der Waals surface area contributed by atoms with E-state index in [1.165, 1.54) is 4.90 Å². The molecule has 0 bridgehead atoms. The Labute approximate surface area is 293 Å². The molecule has 5 rings (SSSR count). The highest BCUT2D eigenvalue weighted by Crippen LogP contribution is 2.31. The van der Waals surface area contributed by atoms with E-state index in [9.17, 15) is 18.0 Å². The van der Waals surface area contributed by atoms with Crippen molar-refractivity contribution in [2.75, 3.05) is 10.8 Å². The van der Waals surface area contributed by atoms with Crippen LogP contribution in [0, 0.1) is 20.8 Å². The number of amides is 2. The molecule has 1 fully saturated rings. The molecular formula is C38H41Cl2N3O4S. The Hall–Kier alpha value is -3.85. The molecule has 1 atom stereocenters. The van der Waals surface area contributed by atoms with E-state index in [2.05, 4.69) is 5.32 Å². The second-order valence-corrected chi connectivity index (χ2v) is 15.2. The number of anilines is 1. The van der Waals surface area contributed by atoms with Gasteiger partial charge in [0.15, 0.2) is 0 Å². The van der Waals surface area contributed by atoms with Crippen LogP contribution in [0.1, 0.15) is 53.5 Å². The fourth-order valence-corrected chi connectivity index (χ4v) is 8.10. The Bertz CT molecular complexity index is 1840. The quantitative estimate of drug-likeness (QED) is 0.163. The van der Waals surface area contributed by atoms with E-state index in [1.807, 2.05) is 63.2 Å². The van der Waals surface area contributed by atoms with Crippen molar-refractivity contribution < 1.29 is 18.0 Å². The number of hydrogen-bond donors (Lipinski definition) is 1. The van der Waals surface area contributed by atoms with Crippen LogP contribution in [0.5, 0.6) is 0 Å². The summed E-state index contributed by atoms with van der Waals surface area (Å²) in [6.45, 7) is 4.91. The molecule has 2 amide bonds. The lowest BCUT2D eigenvalue weighted by Crippen LogP contribution is -2.54. The van der Waals surface area contributed by atoms with Crippen molar-refractivity contribution in [1.29, 1.82) is 0 Å². The van der Waals surface area contributed by atoms with Crippen LogP contribution in [0.3, 0.4) is 0 Å². The van der Waals surface area contributed by atoms with Gasteiger partial charge in [-0.15, -0.1) is 0 Å². The minimum atomic E-state index is -4.22. The number of benzene rings is 4. The number of rotatable bonds is 12. The summed E-state index contributed by atoms with van der Waals surface area (Å²) in [6.07, 6.45) is 3.98. The van der Waals surface area contributed by atoms with Crippen molar-refractivity contribution >= 4 is 50.7 Å². The van der Waals surface area contributed by atoms with Gasteiger partial charge in [0.2, 0.25) is 11.8 Å². The second-order valence-electron chi connectivity index (χ2n) is 12.5. The van der Waals surface area contributed by atoms with Crippen molar-refractivity contribution in [1.82, 2.24) is 10.2 Å². The van der Waals surface area contributed by atoms with Gasteiger partial charge in [0.25, 0.3) is 10.0 Å². The Morgan fingerprint density at radius 1 is 0.833 bits per heavy atom. The summed E-state index contributed by atoms with van der Waals surface area (Å²) in [6, 6.07) is 25.6. The van der Waals surface area contributed by atoms with E-state index in [0.29, 0.717) is 26.9 Å². The van der Waals surface area contributed by atoms with Crippen molar-refractivity contribution in [2.45, 2.75) is 76.4 Å². The zero-order chi connectivity index (χ0) is 34.4. The zero-order valence-electron chi connectivity index (χ0n) is 27.5. The number of nitrogens with one attached hydrogen (secondary N) is 1. The molecule has 10 heteroatoms. The lowest BCUT2D eigenvalue weighted by molar-refractivity contribution is -0.140. The molecule has 0 unspecified atom stereocenters. The number of aryl methyl sites for hydroxylation is 3. The smallest absolute Gasteiger partial charge is 0.264 e. The summed E-state index contributed by atoms with van der Waals surface area (Å²) < 4.78 is 29.9. The number of hydrogen-bond acceptors (Lipinski definition) is 4. The van der Waals surface area contributed by atoms with E-state index < -0.39 is 28.5 Å². The Morgan fingerprint density at radius 2 is 1.46 bits per heavy atom. The molecule has 1 aliphatic carbocycles. The van der Waals surface area contributed by atoms with E-state index in [-0.39, 0.29) is 29.8 Å². The summed E-state index contributed by atoms with van der Waals surface area (Å²) in [5, 5.41) is 3.86. The maximum atomic E-state index is 14.8. The van der Waals surface area contributed by atoms with E-state index in [1.54, 1.807) is 48.5 Å². The predicted molar refractivity (Wildman–Crippen MR) is 193 cm³/mol. The summed E-state index contributed by atoms with van der Waals surface area (Å²) >= 11 is 13.3. The molecule has 0 aliphatic heterocycles.